The number of rotatable bonds is 6. The molecule has 0 aliphatic carbocycles. The molecule has 0 fully saturated rings. The zero-order valence-electron chi connectivity index (χ0n) is 9.44. The van der Waals surface area contributed by atoms with Crippen LogP contribution in [0.4, 0.5) is 0 Å². The van der Waals surface area contributed by atoms with Crippen LogP contribution in [0.3, 0.4) is 0 Å². The molecule has 0 spiro atoms. The Morgan fingerprint density at radius 1 is 1.21 bits per heavy atom. The first-order valence-corrected chi connectivity index (χ1v) is 6.06. The van der Waals surface area contributed by atoms with Crippen molar-refractivity contribution in [1.29, 1.82) is 0 Å². The molecule has 0 aliphatic rings. The van der Waals surface area contributed by atoms with Crippen molar-refractivity contribution >= 4 is 28.4 Å². The highest BCUT2D eigenvalue weighted by Gasteiger charge is 2.42. The summed E-state index contributed by atoms with van der Waals surface area (Å²) in [7, 11) is 0. The quantitative estimate of drug-likeness (QED) is 0.504. The molecule has 0 saturated carbocycles. The lowest BCUT2D eigenvalue weighted by Gasteiger charge is -2.38. The van der Waals surface area contributed by atoms with E-state index in [1.807, 2.05) is 0 Å². The number of carbonyl (C=O) groups is 1. The molecule has 0 amide bonds. The summed E-state index contributed by atoms with van der Waals surface area (Å²) >= 11 is 11.4. The Morgan fingerprint density at radius 3 is 1.86 bits per heavy atom. The van der Waals surface area contributed by atoms with Crippen molar-refractivity contribution < 1.29 is 4.79 Å². The van der Waals surface area contributed by atoms with E-state index in [0.717, 1.165) is 12.8 Å². The summed E-state index contributed by atoms with van der Waals surface area (Å²) in [4.78, 5) is 11.6. The fraction of sp³-hybridized carbons (Fsp3) is 0.909. The van der Waals surface area contributed by atoms with E-state index in [-0.39, 0.29) is 17.1 Å². The van der Waals surface area contributed by atoms with E-state index in [1.54, 1.807) is 0 Å². The molecule has 14 heavy (non-hydrogen) atoms. The largest absolute Gasteiger partial charge is 0.281 e. The summed E-state index contributed by atoms with van der Waals surface area (Å²) in [6.45, 7) is 8.20. The second kappa shape index (κ2) is 5.97. The topological polar surface area (TPSA) is 17.1 Å². The number of carbonyl (C=O) groups excluding carboxylic acids is 1. The van der Waals surface area contributed by atoms with Crippen molar-refractivity contribution in [2.45, 2.75) is 40.5 Å². The number of hydrogen-bond donors (Lipinski definition) is 0. The second-order valence-electron chi connectivity index (χ2n) is 4.42. The highest BCUT2D eigenvalue weighted by Crippen LogP contribution is 2.42. The Kier molecular flexibility index (Phi) is 6.08. The van der Waals surface area contributed by atoms with Crippen LogP contribution in [0.2, 0.25) is 0 Å². The standard InChI is InChI=1S/C11H20Cl2O/c1-8(2)11(9(3)4,10(13)14)6-5-7-12/h8-9H,5-7H2,1-4H3. The Morgan fingerprint density at radius 2 is 1.64 bits per heavy atom. The number of hydrogen-bond acceptors (Lipinski definition) is 1. The van der Waals surface area contributed by atoms with Crippen molar-refractivity contribution in [3.05, 3.63) is 0 Å². The third kappa shape index (κ3) is 2.87. The van der Waals surface area contributed by atoms with Gasteiger partial charge in [0.1, 0.15) is 0 Å². The molecule has 0 rings (SSSR count). The Balaban J connectivity index is 4.85. The molecular formula is C11H20Cl2O. The van der Waals surface area contributed by atoms with Gasteiger partial charge in [-0.25, -0.2) is 0 Å². The molecule has 0 heterocycles. The van der Waals surface area contributed by atoms with Crippen LogP contribution < -0.4 is 0 Å². The molecule has 1 nitrogen and oxygen atoms in total. The van der Waals surface area contributed by atoms with Crippen molar-refractivity contribution in [3.8, 4) is 0 Å². The molecule has 0 saturated heterocycles. The molecule has 0 radical (unpaired) electrons. The normalized spacial score (nSPS) is 12.6. The fourth-order valence-electron chi connectivity index (χ4n) is 2.16. The van der Waals surface area contributed by atoms with Gasteiger partial charge in [-0.05, 0) is 36.3 Å². The lowest BCUT2D eigenvalue weighted by Crippen LogP contribution is -2.39. The minimum Gasteiger partial charge on any atom is -0.281 e. The van der Waals surface area contributed by atoms with Gasteiger partial charge in [-0.3, -0.25) is 4.79 Å². The highest BCUT2D eigenvalue weighted by atomic mass is 35.5. The van der Waals surface area contributed by atoms with Crippen LogP contribution in [0, 0.1) is 17.3 Å². The van der Waals surface area contributed by atoms with Crippen molar-refractivity contribution in [1.82, 2.24) is 0 Å². The zero-order chi connectivity index (χ0) is 11.4. The predicted molar refractivity (Wildman–Crippen MR) is 62.9 cm³/mol. The highest BCUT2D eigenvalue weighted by molar-refractivity contribution is 6.64. The smallest absolute Gasteiger partial charge is 0.228 e. The Hall–Kier alpha value is 0.250. The molecule has 0 aliphatic heterocycles. The Bertz CT molecular complexity index is 180. The van der Waals surface area contributed by atoms with E-state index < -0.39 is 5.41 Å². The lowest BCUT2D eigenvalue weighted by molar-refractivity contribution is -0.126. The zero-order valence-corrected chi connectivity index (χ0v) is 11.0. The minimum absolute atomic E-state index is 0.215. The summed E-state index contributed by atoms with van der Waals surface area (Å²) in [5.74, 6) is 1.11. The minimum atomic E-state index is -0.406. The Labute approximate surface area is 97.2 Å². The van der Waals surface area contributed by atoms with Crippen LogP contribution in [0.25, 0.3) is 0 Å². The van der Waals surface area contributed by atoms with Crippen molar-refractivity contribution in [3.63, 3.8) is 0 Å². The predicted octanol–water partition coefficient (Wildman–Crippen LogP) is 4.07. The van der Waals surface area contributed by atoms with E-state index in [9.17, 15) is 4.79 Å². The molecule has 0 aromatic rings. The van der Waals surface area contributed by atoms with Gasteiger partial charge in [0.25, 0.3) is 0 Å². The first kappa shape index (κ1) is 14.2. The number of halogens is 2. The van der Waals surface area contributed by atoms with Crippen LogP contribution >= 0.6 is 23.2 Å². The van der Waals surface area contributed by atoms with Gasteiger partial charge >= 0.3 is 0 Å². The van der Waals surface area contributed by atoms with Gasteiger partial charge in [-0.15, -0.1) is 11.6 Å². The van der Waals surface area contributed by atoms with Gasteiger partial charge in [-0.1, -0.05) is 27.7 Å². The first-order chi connectivity index (χ1) is 6.39. The van der Waals surface area contributed by atoms with Gasteiger partial charge in [0.05, 0.1) is 0 Å². The van der Waals surface area contributed by atoms with Gasteiger partial charge in [-0.2, -0.15) is 0 Å². The first-order valence-electron chi connectivity index (χ1n) is 5.15. The molecule has 0 aromatic heterocycles. The van der Waals surface area contributed by atoms with E-state index in [1.165, 1.54) is 0 Å². The maximum Gasteiger partial charge on any atom is 0.228 e. The van der Waals surface area contributed by atoms with Crippen molar-refractivity contribution in [2.75, 3.05) is 5.88 Å². The van der Waals surface area contributed by atoms with Crippen LogP contribution in [-0.2, 0) is 4.79 Å². The molecule has 3 heteroatoms. The molecule has 0 unspecified atom stereocenters. The monoisotopic (exact) mass is 238 g/mol. The summed E-state index contributed by atoms with van der Waals surface area (Å²) < 4.78 is 0. The van der Waals surface area contributed by atoms with Gasteiger partial charge < -0.3 is 0 Å². The summed E-state index contributed by atoms with van der Waals surface area (Å²) in [5, 5.41) is -0.215. The summed E-state index contributed by atoms with van der Waals surface area (Å²) in [6.07, 6.45) is 1.63. The molecular weight excluding hydrogens is 219 g/mol. The molecule has 0 N–H and O–H groups in total. The SMILES string of the molecule is CC(C)C(CCCCl)(C(=O)Cl)C(C)C. The van der Waals surface area contributed by atoms with Gasteiger partial charge in [0.15, 0.2) is 0 Å². The maximum absolute atomic E-state index is 11.6. The average Bonchev–Trinajstić information content (AvgIpc) is 2.03. The van der Waals surface area contributed by atoms with Crippen LogP contribution in [0.1, 0.15) is 40.5 Å². The third-order valence-electron chi connectivity index (χ3n) is 3.15. The van der Waals surface area contributed by atoms with Gasteiger partial charge in [0.2, 0.25) is 5.24 Å². The molecule has 0 atom stereocenters. The second-order valence-corrected chi connectivity index (χ2v) is 5.14. The van der Waals surface area contributed by atoms with Crippen LogP contribution in [-0.4, -0.2) is 11.1 Å². The lowest BCUT2D eigenvalue weighted by atomic mass is 9.67. The maximum atomic E-state index is 11.6. The molecule has 84 valence electrons. The summed E-state index contributed by atoms with van der Waals surface area (Å²) in [5.41, 5.74) is -0.406. The third-order valence-corrected chi connectivity index (χ3v) is 3.77. The molecule has 0 aromatic carbocycles. The van der Waals surface area contributed by atoms with E-state index in [4.69, 9.17) is 23.2 Å². The van der Waals surface area contributed by atoms with E-state index in [0.29, 0.717) is 5.88 Å². The summed E-state index contributed by atoms with van der Waals surface area (Å²) in [6, 6.07) is 0. The van der Waals surface area contributed by atoms with E-state index in [2.05, 4.69) is 27.7 Å². The number of alkyl halides is 1. The molecule has 0 bridgehead atoms. The van der Waals surface area contributed by atoms with E-state index >= 15 is 0 Å². The van der Waals surface area contributed by atoms with Crippen LogP contribution in [0.5, 0.6) is 0 Å². The average molecular weight is 239 g/mol. The van der Waals surface area contributed by atoms with Crippen molar-refractivity contribution in [2.24, 2.45) is 17.3 Å². The van der Waals surface area contributed by atoms with Crippen LogP contribution in [0.15, 0.2) is 0 Å². The fourth-order valence-corrected chi connectivity index (χ4v) is 2.82. The van der Waals surface area contributed by atoms with Gasteiger partial charge in [0, 0.05) is 11.3 Å².